The normalized spacial score (nSPS) is 16.9. The van der Waals surface area contributed by atoms with E-state index in [-0.39, 0.29) is 5.78 Å². The first-order valence-electron chi connectivity index (χ1n) is 10.1. The lowest BCUT2D eigenvalue weighted by Gasteiger charge is -2.30. The summed E-state index contributed by atoms with van der Waals surface area (Å²) in [5.74, 6) is 1.80. The van der Waals surface area contributed by atoms with Crippen molar-refractivity contribution in [2.24, 2.45) is 0 Å². The second kappa shape index (κ2) is 7.74. The molecule has 0 spiro atoms. The maximum atomic E-state index is 13.1. The molecule has 0 saturated carbocycles. The van der Waals surface area contributed by atoms with Gasteiger partial charge in [0.25, 0.3) is 0 Å². The van der Waals surface area contributed by atoms with Crippen LogP contribution in [0.3, 0.4) is 0 Å². The van der Waals surface area contributed by atoms with Crippen LogP contribution in [0.2, 0.25) is 0 Å². The maximum Gasteiger partial charge on any atom is 0.231 e. The monoisotopic (exact) mass is 417 g/mol. The van der Waals surface area contributed by atoms with Gasteiger partial charge in [0, 0.05) is 29.1 Å². The van der Waals surface area contributed by atoms with Crippen LogP contribution in [0.15, 0.2) is 53.6 Å². The Morgan fingerprint density at radius 3 is 2.80 bits per heavy atom. The van der Waals surface area contributed by atoms with E-state index in [1.807, 2.05) is 50.3 Å². The van der Waals surface area contributed by atoms with Gasteiger partial charge in [-0.1, -0.05) is 30.3 Å². The highest BCUT2D eigenvalue weighted by atomic mass is 32.1. The Bertz CT molecular complexity index is 1150. The molecule has 0 unspecified atom stereocenters. The Balaban J connectivity index is 1.40. The Hall–Kier alpha value is -2.89. The molecule has 30 heavy (non-hydrogen) atoms. The molecule has 2 aliphatic rings. The number of Topliss-reactive ketones (excluding diaryl/α,β-unsaturated/α-hetero) is 1. The van der Waals surface area contributed by atoms with Crippen molar-refractivity contribution < 1.29 is 14.3 Å². The van der Waals surface area contributed by atoms with E-state index in [1.54, 1.807) is 11.3 Å². The van der Waals surface area contributed by atoms with Crippen molar-refractivity contribution in [3.63, 3.8) is 0 Å². The number of benzene rings is 2. The number of hydrogen-bond acceptors (Lipinski definition) is 5. The molecule has 0 atom stereocenters. The minimum Gasteiger partial charge on any atom is -0.477 e. The number of allylic oxidation sites excluding steroid dienone is 1. The molecule has 0 aliphatic carbocycles. The molecule has 5 rings (SSSR count). The van der Waals surface area contributed by atoms with Gasteiger partial charge >= 0.3 is 0 Å². The van der Waals surface area contributed by atoms with Gasteiger partial charge in [0.15, 0.2) is 5.76 Å². The molecule has 3 aromatic rings. The lowest BCUT2D eigenvalue weighted by molar-refractivity contribution is 0.0956. The molecule has 0 amide bonds. The number of nitrogens with zero attached hydrogens (tertiary/aromatic N) is 1. The summed E-state index contributed by atoms with van der Waals surface area (Å²) in [4.78, 5) is 16.7. The van der Waals surface area contributed by atoms with Crippen LogP contribution < -0.4 is 9.47 Å². The zero-order valence-corrected chi connectivity index (χ0v) is 17.9. The minimum absolute atomic E-state index is 0.0603. The molecule has 3 heterocycles. The molecule has 0 fully saturated rings. The predicted octanol–water partition coefficient (Wildman–Crippen LogP) is 5.38. The summed E-state index contributed by atoms with van der Waals surface area (Å²) >= 11 is 1.78. The van der Waals surface area contributed by atoms with Crippen LogP contribution in [0.1, 0.15) is 37.5 Å². The summed E-state index contributed by atoms with van der Waals surface area (Å²) < 4.78 is 12.1. The number of fused-ring (bicyclic) bond motifs is 2. The number of hydrogen-bond donors (Lipinski definition) is 0. The first-order valence-corrected chi connectivity index (χ1v) is 11.0. The van der Waals surface area contributed by atoms with Gasteiger partial charge in [-0.2, -0.15) is 0 Å². The third-order valence-electron chi connectivity index (χ3n) is 5.73. The molecule has 152 valence electrons. The Labute approximate surface area is 180 Å². The standard InChI is InChI=1S/C25H23NO3S/c1-16-6-3-4-7-18(16)13-22-23(27)21-12-19-14-26(10-9-20-8-5-11-30-20)15-28-24(19)17(2)25(21)29-22/h3-8,11-13H,9-10,14-15H2,1-2H3/b22-13-. The van der Waals surface area contributed by atoms with Gasteiger partial charge in [-0.05, 0) is 55.0 Å². The van der Waals surface area contributed by atoms with E-state index in [1.165, 1.54) is 4.88 Å². The molecule has 2 aliphatic heterocycles. The first-order chi connectivity index (χ1) is 14.6. The third kappa shape index (κ3) is 3.44. The van der Waals surface area contributed by atoms with Crippen molar-refractivity contribution in [3.8, 4) is 11.5 Å². The maximum absolute atomic E-state index is 13.1. The van der Waals surface area contributed by atoms with E-state index in [0.29, 0.717) is 23.8 Å². The van der Waals surface area contributed by atoms with Crippen LogP contribution >= 0.6 is 11.3 Å². The highest BCUT2D eigenvalue weighted by Crippen LogP contribution is 2.43. The van der Waals surface area contributed by atoms with Gasteiger partial charge in [0.2, 0.25) is 5.78 Å². The summed E-state index contributed by atoms with van der Waals surface area (Å²) in [6.07, 6.45) is 2.84. The molecule has 5 heteroatoms. The highest BCUT2D eigenvalue weighted by Gasteiger charge is 2.33. The Morgan fingerprint density at radius 1 is 1.13 bits per heavy atom. The van der Waals surface area contributed by atoms with Crippen molar-refractivity contribution in [3.05, 3.63) is 86.3 Å². The zero-order chi connectivity index (χ0) is 20.7. The number of ketones is 1. The average molecular weight is 418 g/mol. The number of rotatable bonds is 4. The van der Waals surface area contributed by atoms with E-state index in [4.69, 9.17) is 9.47 Å². The fourth-order valence-electron chi connectivity index (χ4n) is 4.05. The molecule has 1 aromatic heterocycles. The number of ether oxygens (including phenoxy) is 2. The number of carbonyl (C=O) groups is 1. The number of carbonyl (C=O) groups excluding carboxylic acids is 1. The van der Waals surface area contributed by atoms with Gasteiger partial charge in [-0.25, -0.2) is 0 Å². The molecule has 0 N–H and O–H groups in total. The average Bonchev–Trinajstić information content (AvgIpc) is 3.37. The molecular weight excluding hydrogens is 394 g/mol. The Morgan fingerprint density at radius 2 is 2.00 bits per heavy atom. The Kier molecular flexibility index (Phi) is 4.93. The van der Waals surface area contributed by atoms with Crippen molar-refractivity contribution >= 4 is 23.2 Å². The van der Waals surface area contributed by atoms with Crippen LogP contribution in [0.4, 0.5) is 0 Å². The largest absolute Gasteiger partial charge is 0.477 e. The lowest BCUT2D eigenvalue weighted by Crippen LogP contribution is -2.34. The van der Waals surface area contributed by atoms with Crippen LogP contribution in [-0.4, -0.2) is 24.0 Å². The van der Waals surface area contributed by atoms with Crippen molar-refractivity contribution in [1.29, 1.82) is 0 Å². The molecule has 4 nitrogen and oxygen atoms in total. The fraction of sp³-hybridized carbons (Fsp3) is 0.240. The van der Waals surface area contributed by atoms with E-state index >= 15 is 0 Å². The zero-order valence-electron chi connectivity index (χ0n) is 17.1. The molecule has 2 aromatic carbocycles. The van der Waals surface area contributed by atoms with Crippen molar-refractivity contribution in [2.75, 3.05) is 13.3 Å². The summed E-state index contributed by atoms with van der Waals surface area (Å²) in [6.45, 7) is 6.26. The highest BCUT2D eigenvalue weighted by molar-refractivity contribution is 7.09. The van der Waals surface area contributed by atoms with Crippen molar-refractivity contribution in [2.45, 2.75) is 26.8 Å². The van der Waals surface area contributed by atoms with Gasteiger partial charge in [-0.3, -0.25) is 9.69 Å². The number of thiophene rings is 1. The van der Waals surface area contributed by atoms with E-state index in [9.17, 15) is 4.79 Å². The van der Waals surface area contributed by atoms with Crippen LogP contribution in [-0.2, 0) is 13.0 Å². The van der Waals surface area contributed by atoms with Gasteiger partial charge in [0.1, 0.15) is 18.2 Å². The van der Waals surface area contributed by atoms with E-state index in [0.717, 1.165) is 47.5 Å². The second-order valence-electron chi connectivity index (χ2n) is 7.82. The molecule has 0 bridgehead atoms. The molecule has 0 radical (unpaired) electrons. The van der Waals surface area contributed by atoms with Gasteiger partial charge in [0.05, 0.1) is 5.56 Å². The lowest BCUT2D eigenvalue weighted by atomic mass is 9.99. The summed E-state index contributed by atoms with van der Waals surface area (Å²) in [7, 11) is 0. The van der Waals surface area contributed by atoms with E-state index < -0.39 is 0 Å². The van der Waals surface area contributed by atoms with E-state index in [2.05, 4.69) is 22.4 Å². The first kappa shape index (κ1) is 19.1. The van der Waals surface area contributed by atoms with Crippen LogP contribution in [0, 0.1) is 13.8 Å². The summed E-state index contributed by atoms with van der Waals surface area (Å²) in [6, 6.07) is 14.2. The topological polar surface area (TPSA) is 38.8 Å². The van der Waals surface area contributed by atoms with Crippen LogP contribution in [0.5, 0.6) is 11.5 Å². The summed E-state index contributed by atoms with van der Waals surface area (Å²) in [5, 5.41) is 2.11. The second-order valence-corrected chi connectivity index (χ2v) is 8.85. The SMILES string of the molecule is Cc1ccccc1/C=C1\Oc2c(cc3c(c2C)OCN(CCc2cccs2)C3)C1=O. The molecule has 0 saturated heterocycles. The van der Waals surface area contributed by atoms with Gasteiger partial charge < -0.3 is 9.47 Å². The predicted molar refractivity (Wildman–Crippen MR) is 119 cm³/mol. The van der Waals surface area contributed by atoms with Crippen molar-refractivity contribution in [1.82, 2.24) is 4.90 Å². The third-order valence-corrected chi connectivity index (χ3v) is 6.67. The smallest absolute Gasteiger partial charge is 0.231 e. The van der Waals surface area contributed by atoms with Gasteiger partial charge in [-0.15, -0.1) is 11.3 Å². The minimum atomic E-state index is -0.0603. The molecular formula is C25H23NO3S. The quantitative estimate of drug-likeness (QED) is 0.535. The number of aryl methyl sites for hydroxylation is 1. The van der Waals surface area contributed by atoms with Crippen LogP contribution in [0.25, 0.3) is 6.08 Å². The summed E-state index contributed by atoms with van der Waals surface area (Å²) in [5.41, 5.74) is 4.69. The fourth-order valence-corrected chi connectivity index (χ4v) is 4.75.